The van der Waals surface area contributed by atoms with E-state index in [1.165, 1.54) is 5.56 Å². The molecule has 1 aromatic carbocycles. The summed E-state index contributed by atoms with van der Waals surface area (Å²) in [6, 6.07) is 7.44. The van der Waals surface area contributed by atoms with Crippen LogP contribution in [0, 0.1) is 0 Å². The lowest BCUT2D eigenvalue weighted by Crippen LogP contribution is -2.22. The second-order valence-corrected chi connectivity index (χ2v) is 5.98. The Bertz CT molecular complexity index is 407. The Hall–Kier alpha value is -1.03. The zero-order chi connectivity index (χ0) is 11.5. The maximum Gasteiger partial charge on any atom is 0.235 e. The summed E-state index contributed by atoms with van der Waals surface area (Å²) in [5, 5.41) is -0.414. The summed E-state index contributed by atoms with van der Waals surface area (Å²) < 4.78 is 25.6. The van der Waals surface area contributed by atoms with Crippen molar-refractivity contribution >= 4 is 15.7 Å². The van der Waals surface area contributed by atoms with E-state index in [1.54, 1.807) is 26.0 Å². The van der Waals surface area contributed by atoms with E-state index in [0.717, 1.165) is 6.42 Å². The Morgan fingerprint density at radius 3 is 2.13 bits per heavy atom. The normalized spacial score (nSPS) is 11.7. The Labute approximate surface area is 91.6 Å². The molecule has 0 bridgehead atoms. The summed E-state index contributed by atoms with van der Waals surface area (Å²) >= 11 is 0. The molecular formula is C11H17NO2S. The molecule has 0 saturated carbocycles. The van der Waals surface area contributed by atoms with Gasteiger partial charge in [-0.05, 0) is 38.0 Å². The Kier molecular flexibility index (Phi) is 3.74. The van der Waals surface area contributed by atoms with E-state index in [0.29, 0.717) is 5.69 Å². The molecule has 0 amide bonds. The number of hydrogen-bond acceptors (Lipinski definition) is 2. The van der Waals surface area contributed by atoms with Crippen molar-refractivity contribution in [3.05, 3.63) is 29.8 Å². The monoisotopic (exact) mass is 227 g/mol. The van der Waals surface area contributed by atoms with Gasteiger partial charge in [0, 0.05) is 5.69 Å². The molecule has 0 atom stereocenters. The maximum absolute atomic E-state index is 11.5. The molecule has 0 spiro atoms. The molecule has 0 aliphatic heterocycles. The minimum absolute atomic E-state index is 0.414. The van der Waals surface area contributed by atoms with Crippen molar-refractivity contribution < 1.29 is 8.42 Å². The minimum atomic E-state index is -3.22. The molecule has 0 radical (unpaired) electrons. The average Bonchev–Trinajstić information content (AvgIpc) is 2.18. The van der Waals surface area contributed by atoms with Crippen LogP contribution in [-0.2, 0) is 16.4 Å². The Balaban J connectivity index is 2.82. The van der Waals surface area contributed by atoms with E-state index in [2.05, 4.69) is 11.6 Å². The van der Waals surface area contributed by atoms with Crippen LogP contribution in [0.4, 0.5) is 5.69 Å². The van der Waals surface area contributed by atoms with Crippen molar-refractivity contribution in [1.29, 1.82) is 0 Å². The van der Waals surface area contributed by atoms with Gasteiger partial charge in [-0.3, -0.25) is 4.72 Å². The first-order chi connectivity index (χ1) is 6.95. The Morgan fingerprint density at radius 1 is 1.20 bits per heavy atom. The van der Waals surface area contributed by atoms with E-state index in [4.69, 9.17) is 0 Å². The second-order valence-electron chi connectivity index (χ2n) is 3.75. The number of nitrogens with one attached hydrogen (secondary N) is 1. The molecule has 0 unspecified atom stereocenters. The first kappa shape index (κ1) is 12.0. The smallest absolute Gasteiger partial charge is 0.235 e. The van der Waals surface area contributed by atoms with Crippen LogP contribution in [0.25, 0.3) is 0 Å². The second kappa shape index (κ2) is 4.66. The van der Waals surface area contributed by atoms with Gasteiger partial charge in [0.15, 0.2) is 0 Å². The van der Waals surface area contributed by atoms with Crippen molar-refractivity contribution in [1.82, 2.24) is 0 Å². The van der Waals surface area contributed by atoms with Gasteiger partial charge in [-0.15, -0.1) is 0 Å². The predicted octanol–water partition coefficient (Wildman–Crippen LogP) is 2.40. The number of benzene rings is 1. The molecule has 15 heavy (non-hydrogen) atoms. The van der Waals surface area contributed by atoms with Crippen LogP contribution in [0.1, 0.15) is 26.3 Å². The number of hydrogen-bond donors (Lipinski definition) is 1. The lowest BCUT2D eigenvalue weighted by atomic mass is 10.2. The molecule has 84 valence electrons. The summed E-state index contributed by atoms with van der Waals surface area (Å²) in [6.45, 7) is 5.37. The molecule has 0 aliphatic rings. The van der Waals surface area contributed by atoms with E-state index < -0.39 is 15.3 Å². The molecular weight excluding hydrogens is 210 g/mol. The van der Waals surface area contributed by atoms with Crippen molar-refractivity contribution in [2.75, 3.05) is 4.72 Å². The van der Waals surface area contributed by atoms with Crippen LogP contribution >= 0.6 is 0 Å². The zero-order valence-corrected chi connectivity index (χ0v) is 10.1. The lowest BCUT2D eigenvalue weighted by Gasteiger charge is -2.10. The number of anilines is 1. The molecule has 1 rings (SSSR count). The predicted molar refractivity (Wildman–Crippen MR) is 63.5 cm³/mol. The number of rotatable bonds is 4. The molecule has 1 aromatic rings. The van der Waals surface area contributed by atoms with Crippen LogP contribution in [0.2, 0.25) is 0 Å². The van der Waals surface area contributed by atoms with Crippen molar-refractivity contribution in [2.45, 2.75) is 32.4 Å². The largest absolute Gasteiger partial charge is 0.283 e. The third-order valence-corrected chi connectivity index (χ3v) is 4.00. The first-order valence-corrected chi connectivity index (χ1v) is 6.61. The average molecular weight is 227 g/mol. The maximum atomic E-state index is 11.5. The molecule has 4 heteroatoms. The topological polar surface area (TPSA) is 46.2 Å². The van der Waals surface area contributed by atoms with Crippen LogP contribution in [0.5, 0.6) is 0 Å². The molecule has 0 heterocycles. The van der Waals surface area contributed by atoms with Crippen LogP contribution in [0.15, 0.2) is 24.3 Å². The van der Waals surface area contributed by atoms with E-state index in [-0.39, 0.29) is 0 Å². The van der Waals surface area contributed by atoms with Gasteiger partial charge in [-0.2, -0.15) is 0 Å². The number of sulfonamides is 1. The van der Waals surface area contributed by atoms with Crippen molar-refractivity contribution in [3.8, 4) is 0 Å². The van der Waals surface area contributed by atoms with Gasteiger partial charge in [-0.1, -0.05) is 19.1 Å². The fraction of sp³-hybridized carbons (Fsp3) is 0.455. The van der Waals surface area contributed by atoms with Gasteiger partial charge < -0.3 is 0 Å². The van der Waals surface area contributed by atoms with Gasteiger partial charge in [0.05, 0.1) is 5.25 Å². The highest BCUT2D eigenvalue weighted by Gasteiger charge is 2.14. The molecule has 3 nitrogen and oxygen atoms in total. The lowest BCUT2D eigenvalue weighted by molar-refractivity contribution is 0.593. The fourth-order valence-corrected chi connectivity index (χ4v) is 1.79. The van der Waals surface area contributed by atoms with Crippen molar-refractivity contribution in [2.24, 2.45) is 0 Å². The standard InChI is InChI=1S/C11H17NO2S/c1-4-10-5-7-11(8-6-10)12-15(13,14)9(2)3/h5-9,12H,4H2,1-3H3. The molecule has 0 saturated heterocycles. The Morgan fingerprint density at radius 2 is 1.73 bits per heavy atom. The quantitative estimate of drug-likeness (QED) is 0.858. The van der Waals surface area contributed by atoms with Gasteiger partial charge in [-0.25, -0.2) is 8.42 Å². The molecule has 0 aromatic heterocycles. The van der Waals surface area contributed by atoms with Crippen LogP contribution < -0.4 is 4.72 Å². The van der Waals surface area contributed by atoms with E-state index in [1.807, 2.05) is 12.1 Å². The third kappa shape index (κ3) is 3.23. The SMILES string of the molecule is CCc1ccc(NS(=O)(=O)C(C)C)cc1. The summed E-state index contributed by atoms with van der Waals surface area (Å²) in [5.74, 6) is 0. The van der Waals surface area contributed by atoms with Crippen LogP contribution in [-0.4, -0.2) is 13.7 Å². The van der Waals surface area contributed by atoms with Gasteiger partial charge in [0.2, 0.25) is 10.0 Å². The number of aryl methyl sites for hydroxylation is 1. The van der Waals surface area contributed by atoms with E-state index >= 15 is 0 Å². The van der Waals surface area contributed by atoms with Gasteiger partial charge in [0.25, 0.3) is 0 Å². The highest BCUT2D eigenvalue weighted by molar-refractivity contribution is 7.93. The minimum Gasteiger partial charge on any atom is -0.283 e. The highest BCUT2D eigenvalue weighted by Crippen LogP contribution is 2.13. The van der Waals surface area contributed by atoms with Gasteiger partial charge >= 0.3 is 0 Å². The third-order valence-electron chi connectivity index (χ3n) is 2.24. The van der Waals surface area contributed by atoms with Crippen LogP contribution in [0.3, 0.4) is 0 Å². The van der Waals surface area contributed by atoms with Gasteiger partial charge in [0.1, 0.15) is 0 Å². The molecule has 0 fully saturated rings. The molecule has 0 aliphatic carbocycles. The van der Waals surface area contributed by atoms with Crippen molar-refractivity contribution in [3.63, 3.8) is 0 Å². The highest BCUT2D eigenvalue weighted by atomic mass is 32.2. The zero-order valence-electron chi connectivity index (χ0n) is 9.32. The summed E-state index contributed by atoms with van der Waals surface area (Å²) in [5.41, 5.74) is 1.82. The summed E-state index contributed by atoms with van der Waals surface area (Å²) in [7, 11) is -3.22. The molecule has 1 N–H and O–H groups in total. The first-order valence-electron chi connectivity index (χ1n) is 5.06. The van der Waals surface area contributed by atoms with E-state index in [9.17, 15) is 8.42 Å². The summed E-state index contributed by atoms with van der Waals surface area (Å²) in [4.78, 5) is 0. The fourth-order valence-electron chi connectivity index (χ4n) is 1.09. The summed E-state index contributed by atoms with van der Waals surface area (Å²) in [6.07, 6.45) is 0.956.